The minimum Gasteiger partial charge on any atom is -0.366 e. The van der Waals surface area contributed by atoms with E-state index >= 15 is 0 Å². The topological polar surface area (TPSA) is 84.0 Å². The molecule has 1 saturated heterocycles. The highest BCUT2D eigenvalue weighted by molar-refractivity contribution is 7.09. The summed E-state index contributed by atoms with van der Waals surface area (Å²) in [5.41, 5.74) is 0.853. The molecule has 1 amide bonds. The van der Waals surface area contributed by atoms with Crippen molar-refractivity contribution in [3.63, 3.8) is 0 Å². The second-order valence-corrected chi connectivity index (χ2v) is 7.91. The van der Waals surface area contributed by atoms with E-state index in [9.17, 15) is 4.79 Å². The lowest BCUT2D eigenvalue weighted by Crippen LogP contribution is -2.43. The van der Waals surface area contributed by atoms with E-state index in [0.717, 1.165) is 16.5 Å². The number of thiazole rings is 1. The van der Waals surface area contributed by atoms with E-state index in [4.69, 9.17) is 4.74 Å². The lowest BCUT2D eigenvalue weighted by Gasteiger charge is -2.31. The summed E-state index contributed by atoms with van der Waals surface area (Å²) in [6.45, 7) is 9.79. The van der Waals surface area contributed by atoms with E-state index in [-0.39, 0.29) is 17.4 Å². The summed E-state index contributed by atoms with van der Waals surface area (Å²) in [5, 5.41) is 9.99. The standard InChI is InChI=1S/C16H23N5O2S/c1-10-17-14(20-19-10)12-8-21(5-6-23-12)13(22)7-11-9-24-15(18-11)16(2,3)4/h9,12H,5-8H2,1-4H3,(H,17,19,20)/t12-/m0/s1. The van der Waals surface area contributed by atoms with Gasteiger partial charge in [0.2, 0.25) is 5.91 Å². The molecule has 3 rings (SSSR count). The van der Waals surface area contributed by atoms with Gasteiger partial charge in [-0.2, -0.15) is 5.10 Å². The number of aromatic nitrogens is 4. The van der Waals surface area contributed by atoms with Crippen LogP contribution in [0.25, 0.3) is 0 Å². The highest BCUT2D eigenvalue weighted by Crippen LogP contribution is 2.26. The van der Waals surface area contributed by atoms with Gasteiger partial charge >= 0.3 is 0 Å². The zero-order valence-corrected chi connectivity index (χ0v) is 15.3. The molecule has 1 fully saturated rings. The van der Waals surface area contributed by atoms with Gasteiger partial charge in [0, 0.05) is 17.3 Å². The number of nitrogens with zero attached hydrogens (tertiary/aromatic N) is 4. The van der Waals surface area contributed by atoms with Gasteiger partial charge in [-0.1, -0.05) is 20.8 Å². The molecule has 2 aromatic heterocycles. The summed E-state index contributed by atoms with van der Waals surface area (Å²) in [6.07, 6.45) is 0.0555. The number of ether oxygens (including phenoxy) is 1. The number of carbonyl (C=O) groups excluding carboxylic acids is 1. The summed E-state index contributed by atoms with van der Waals surface area (Å²) >= 11 is 1.61. The normalized spacial score (nSPS) is 18.8. The van der Waals surface area contributed by atoms with Gasteiger partial charge in [0.15, 0.2) is 5.82 Å². The third-order valence-electron chi connectivity index (χ3n) is 3.85. The van der Waals surface area contributed by atoms with E-state index < -0.39 is 0 Å². The molecule has 1 atom stereocenters. The Morgan fingerprint density at radius 2 is 2.25 bits per heavy atom. The van der Waals surface area contributed by atoms with E-state index in [1.165, 1.54) is 0 Å². The van der Waals surface area contributed by atoms with E-state index in [2.05, 4.69) is 40.9 Å². The fraction of sp³-hybridized carbons (Fsp3) is 0.625. The molecule has 1 aliphatic heterocycles. The monoisotopic (exact) mass is 349 g/mol. The van der Waals surface area contributed by atoms with Gasteiger partial charge in [0.25, 0.3) is 0 Å². The van der Waals surface area contributed by atoms with Gasteiger partial charge in [-0.05, 0) is 6.92 Å². The molecule has 7 nitrogen and oxygen atoms in total. The Kier molecular flexibility index (Phi) is 4.69. The third-order valence-corrected chi connectivity index (χ3v) is 5.16. The zero-order valence-electron chi connectivity index (χ0n) is 14.5. The fourth-order valence-corrected chi connectivity index (χ4v) is 3.44. The Bertz CT molecular complexity index is 718. The van der Waals surface area contributed by atoms with Gasteiger partial charge in [0.1, 0.15) is 11.9 Å². The van der Waals surface area contributed by atoms with Crippen molar-refractivity contribution in [3.05, 3.63) is 27.7 Å². The lowest BCUT2D eigenvalue weighted by molar-refractivity contribution is -0.138. The van der Waals surface area contributed by atoms with E-state index in [1.54, 1.807) is 11.3 Å². The van der Waals surface area contributed by atoms with Gasteiger partial charge in [-0.25, -0.2) is 9.97 Å². The maximum absolute atomic E-state index is 12.6. The molecule has 0 aromatic carbocycles. The Labute approximate surface area is 145 Å². The van der Waals surface area contributed by atoms with Crippen molar-refractivity contribution in [2.75, 3.05) is 19.7 Å². The lowest BCUT2D eigenvalue weighted by atomic mass is 9.98. The number of amides is 1. The van der Waals surface area contributed by atoms with Crippen molar-refractivity contribution in [2.24, 2.45) is 0 Å². The van der Waals surface area contributed by atoms with Crippen LogP contribution >= 0.6 is 11.3 Å². The van der Waals surface area contributed by atoms with Crippen LogP contribution in [-0.2, 0) is 21.4 Å². The molecular formula is C16H23N5O2S. The number of aryl methyl sites for hydroxylation is 1. The third kappa shape index (κ3) is 3.81. The Morgan fingerprint density at radius 1 is 1.46 bits per heavy atom. The van der Waals surface area contributed by atoms with Crippen molar-refractivity contribution in [3.8, 4) is 0 Å². The van der Waals surface area contributed by atoms with Crippen LogP contribution < -0.4 is 0 Å². The number of hydrogen-bond acceptors (Lipinski definition) is 6. The molecule has 0 spiro atoms. The van der Waals surface area contributed by atoms with Gasteiger partial charge in [-0.3, -0.25) is 9.89 Å². The van der Waals surface area contributed by atoms with Crippen LogP contribution in [0, 0.1) is 6.92 Å². The maximum atomic E-state index is 12.6. The first-order chi connectivity index (χ1) is 11.3. The average Bonchev–Trinajstić information content (AvgIpc) is 3.16. The molecule has 130 valence electrons. The van der Waals surface area contributed by atoms with E-state index in [0.29, 0.717) is 31.9 Å². The molecule has 0 aliphatic carbocycles. The Morgan fingerprint density at radius 3 is 2.88 bits per heavy atom. The number of nitrogens with one attached hydrogen (secondary N) is 1. The summed E-state index contributed by atoms with van der Waals surface area (Å²) in [7, 11) is 0. The largest absolute Gasteiger partial charge is 0.366 e. The van der Waals surface area contributed by atoms with Gasteiger partial charge < -0.3 is 9.64 Å². The predicted molar refractivity (Wildman–Crippen MR) is 90.9 cm³/mol. The first-order valence-electron chi connectivity index (χ1n) is 8.06. The van der Waals surface area contributed by atoms with Gasteiger partial charge in [-0.15, -0.1) is 11.3 Å². The first kappa shape index (κ1) is 17.0. The molecular weight excluding hydrogens is 326 g/mol. The Balaban J connectivity index is 1.63. The molecule has 2 aromatic rings. The molecule has 3 heterocycles. The van der Waals surface area contributed by atoms with E-state index in [1.807, 2.05) is 17.2 Å². The first-order valence-corrected chi connectivity index (χ1v) is 8.94. The Hall–Kier alpha value is -1.80. The van der Waals surface area contributed by atoms with Gasteiger partial charge in [0.05, 0.1) is 30.3 Å². The molecule has 8 heteroatoms. The summed E-state index contributed by atoms with van der Waals surface area (Å²) in [5.74, 6) is 1.42. The van der Waals surface area contributed by atoms with Crippen molar-refractivity contribution < 1.29 is 9.53 Å². The molecule has 0 radical (unpaired) electrons. The minimum absolute atomic E-state index is 0.0134. The molecule has 0 bridgehead atoms. The van der Waals surface area contributed by atoms with Crippen LogP contribution in [0.5, 0.6) is 0 Å². The summed E-state index contributed by atoms with van der Waals surface area (Å²) in [6, 6.07) is 0. The maximum Gasteiger partial charge on any atom is 0.228 e. The number of rotatable bonds is 3. The SMILES string of the molecule is Cc1nc([C@@H]2CN(C(=O)Cc3csc(C(C)(C)C)n3)CCO2)n[nH]1. The quantitative estimate of drug-likeness (QED) is 0.916. The average molecular weight is 349 g/mol. The number of carbonyl (C=O) groups is 1. The summed E-state index contributed by atoms with van der Waals surface area (Å²) < 4.78 is 5.70. The van der Waals surface area contributed by atoms with Crippen LogP contribution in [0.2, 0.25) is 0 Å². The fourth-order valence-electron chi connectivity index (χ4n) is 2.54. The number of H-pyrrole nitrogens is 1. The molecule has 1 aliphatic rings. The summed E-state index contributed by atoms with van der Waals surface area (Å²) in [4.78, 5) is 23.3. The number of hydrogen-bond donors (Lipinski definition) is 1. The molecule has 0 saturated carbocycles. The highest BCUT2D eigenvalue weighted by Gasteiger charge is 2.28. The van der Waals surface area contributed by atoms with Crippen LogP contribution in [0.15, 0.2) is 5.38 Å². The van der Waals surface area contributed by atoms with Crippen LogP contribution in [0.3, 0.4) is 0 Å². The predicted octanol–water partition coefficient (Wildman–Crippen LogP) is 2.01. The van der Waals surface area contributed by atoms with Crippen LogP contribution in [0.4, 0.5) is 0 Å². The number of morpholine rings is 1. The van der Waals surface area contributed by atoms with Crippen molar-refractivity contribution >= 4 is 17.2 Å². The second-order valence-electron chi connectivity index (χ2n) is 7.05. The minimum atomic E-state index is -0.270. The van der Waals surface area contributed by atoms with Crippen LogP contribution in [-0.4, -0.2) is 50.7 Å². The van der Waals surface area contributed by atoms with Crippen molar-refractivity contribution in [1.29, 1.82) is 0 Å². The molecule has 24 heavy (non-hydrogen) atoms. The smallest absolute Gasteiger partial charge is 0.228 e. The van der Waals surface area contributed by atoms with Crippen molar-refractivity contribution in [2.45, 2.75) is 45.6 Å². The molecule has 1 N–H and O–H groups in total. The molecule has 0 unspecified atom stereocenters. The van der Waals surface area contributed by atoms with Crippen LogP contribution in [0.1, 0.15) is 49.2 Å². The highest BCUT2D eigenvalue weighted by atomic mass is 32.1. The zero-order chi connectivity index (χ0) is 17.3. The number of aromatic amines is 1. The second kappa shape index (κ2) is 6.60. The van der Waals surface area contributed by atoms with Crippen molar-refractivity contribution in [1.82, 2.24) is 25.1 Å².